The average molecular weight is 275 g/mol. The number of anilines is 1. The van der Waals surface area contributed by atoms with Crippen molar-refractivity contribution < 1.29 is 9.53 Å². The summed E-state index contributed by atoms with van der Waals surface area (Å²) < 4.78 is 6.00. The first kappa shape index (κ1) is 15.0. The van der Waals surface area contributed by atoms with E-state index in [4.69, 9.17) is 10.5 Å². The highest BCUT2D eigenvalue weighted by Gasteiger charge is 2.48. The summed E-state index contributed by atoms with van der Waals surface area (Å²) in [6, 6.07) is 7.74. The van der Waals surface area contributed by atoms with Crippen molar-refractivity contribution in [3.63, 3.8) is 0 Å². The number of Topliss-reactive ketones (excluding diaryl/α,β-unsaturated/α-hetero) is 1. The van der Waals surface area contributed by atoms with Gasteiger partial charge >= 0.3 is 0 Å². The topological polar surface area (TPSA) is 52.3 Å². The number of hydrogen-bond acceptors (Lipinski definition) is 3. The summed E-state index contributed by atoms with van der Waals surface area (Å²) in [4.78, 5) is 12.5. The third kappa shape index (κ3) is 3.40. The van der Waals surface area contributed by atoms with E-state index >= 15 is 0 Å². The maximum absolute atomic E-state index is 12.5. The van der Waals surface area contributed by atoms with Crippen molar-refractivity contribution in [3.05, 3.63) is 29.8 Å². The second-order valence-electron chi connectivity index (χ2n) is 6.93. The number of rotatable bonds is 4. The number of aryl methyl sites for hydroxylation is 1. The second kappa shape index (κ2) is 5.21. The molecular formula is C17H25NO2. The first-order valence-corrected chi connectivity index (χ1v) is 7.27. The predicted molar refractivity (Wildman–Crippen MR) is 81.5 cm³/mol. The minimum Gasteiger partial charge on any atom is -0.399 e. The van der Waals surface area contributed by atoms with Crippen LogP contribution in [0.5, 0.6) is 0 Å². The van der Waals surface area contributed by atoms with Crippen LogP contribution in [-0.2, 0) is 16.0 Å². The van der Waals surface area contributed by atoms with Crippen LogP contribution in [0.4, 0.5) is 5.69 Å². The van der Waals surface area contributed by atoms with Gasteiger partial charge in [0.15, 0.2) is 0 Å². The van der Waals surface area contributed by atoms with Crippen LogP contribution in [-0.4, -0.2) is 17.0 Å². The van der Waals surface area contributed by atoms with E-state index < -0.39 is 0 Å². The van der Waals surface area contributed by atoms with Crippen molar-refractivity contribution in [1.29, 1.82) is 0 Å². The fourth-order valence-corrected chi connectivity index (χ4v) is 3.19. The number of carbonyl (C=O) groups is 1. The summed E-state index contributed by atoms with van der Waals surface area (Å²) in [5.41, 5.74) is 7.01. The van der Waals surface area contributed by atoms with E-state index in [1.165, 1.54) is 0 Å². The highest BCUT2D eigenvalue weighted by atomic mass is 16.5. The van der Waals surface area contributed by atoms with E-state index in [9.17, 15) is 4.79 Å². The van der Waals surface area contributed by atoms with Gasteiger partial charge < -0.3 is 10.5 Å². The highest BCUT2D eigenvalue weighted by Crippen LogP contribution is 2.42. The Balaban J connectivity index is 1.97. The first-order valence-electron chi connectivity index (χ1n) is 7.27. The van der Waals surface area contributed by atoms with E-state index in [2.05, 4.69) is 13.8 Å². The molecule has 1 heterocycles. The molecule has 3 heteroatoms. The molecule has 0 saturated carbocycles. The predicted octanol–water partition coefficient (Wildman–Crippen LogP) is 3.36. The molecule has 3 nitrogen and oxygen atoms in total. The van der Waals surface area contributed by atoms with Gasteiger partial charge in [-0.25, -0.2) is 0 Å². The van der Waals surface area contributed by atoms with Crippen molar-refractivity contribution in [2.45, 2.75) is 58.2 Å². The van der Waals surface area contributed by atoms with Gasteiger partial charge in [-0.1, -0.05) is 12.1 Å². The molecule has 0 spiro atoms. The Hall–Kier alpha value is -1.35. The summed E-state index contributed by atoms with van der Waals surface area (Å²) in [5.74, 6) is 0.295. The van der Waals surface area contributed by atoms with Crippen LogP contribution in [0.3, 0.4) is 0 Å². The molecule has 1 atom stereocenters. The van der Waals surface area contributed by atoms with E-state index in [0.717, 1.165) is 24.1 Å². The lowest BCUT2D eigenvalue weighted by Gasteiger charge is -2.26. The number of benzene rings is 1. The fourth-order valence-electron chi connectivity index (χ4n) is 3.19. The number of carbonyl (C=O) groups excluding carboxylic acids is 1. The molecule has 110 valence electrons. The van der Waals surface area contributed by atoms with Crippen LogP contribution in [0.2, 0.25) is 0 Å². The van der Waals surface area contributed by atoms with Gasteiger partial charge in [0.2, 0.25) is 0 Å². The molecule has 0 bridgehead atoms. The first-order chi connectivity index (χ1) is 9.20. The molecule has 1 aromatic rings. The molecule has 0 aromatic heterocycles. The molecule has 0 aliphatic carbocycles. The van der Waals surface area contributed by atoms with Crippen molar-refractivity contribution in [2.24, 2.45) is 5.92 Å². The van der Waals surface area contributed by atoms with E-state index in [1.807, 2.05) is 38.1 Å². The number of nitrogen functional groups attached to an aromatic ring is 1. The van der Waals surface area contributed by atoms with E-state index in [-0.39, 0.29) is 17.1 Å². The minimum absolute atomic E-state index is 0.00807. The van der Waals surface area contributed by atoms with Gasteiger partial charge in [0.05, 0.1) is 11.2 Å². The monoisotopic (exact) mass is 275 g/mol. The Morgan fingerprint density at radius 3 is 2.35 bits per heavy atom. The fraction of sp³-hybridized carbons (Fsp3) is 0.588. The molecule has 0 radical (unpaired) electrons. The minimum atomic E-state index is -0.359. The zero-order chi connectivity index (χ0) is 15.0. The van der Waals surface area contributed by atoms with Gasteiger partial charge in [-0.05, 0) is 58.2 Å². The largest absolute Gasteiger partial charge is 0.399 e. The molecule has 1 saturated heterocycles. The van der Waals surface area contributed by atoms with Gasteiger partial charge in [0.25, 0.3) is 0 Å². The summed E-state index contributed by atoms with van der Waals surface area (Å²) in [6.07, 6.45) is 2.14. The molecule has 1 aromatic carbocycles. The van der Waals surface area contributed by atoms with Gasteiger partial charge in [-0.3, -0.25) is 4.79 Å². The molecule has 1 fully saturated rings. The number of hydrogen-bond donors (Lipinski definition) is 1. The molecular weight excluding hydrogens is 250 g/mol. The lowest BCUT2D eigenvalue weighted by atomic mass is 9.82. The number of ketones is 1. The zero-order valence-corrected chi connectivity index (χ0v) is 12.9. The Bertz CT molecular complexity index is 488. The maximum Gasteiger partial charge on any atom is 0.139 e. The summed E-state index contributed by atoms with van der Waals surface area (Å²) in [7, 11) is 0. The number of ether oxygens (including phenoxy) is 1. The second-order valence-corrected chi connectivity index (χ2v) is 6.93. The average Bonchev–Trinajstić information content (AvgIpc) is 2.56. The molecule has 1 aliphatic rings. The molecule has 20 heavy (non-hydrogen) atoms. The van der Waals surface area contributed by atoms with Crippen LogP contribution >= 0.6 is 0 Å². The van der Waals surface area contributed by atoms with Gasteiger partial charge in [-0.15, -0.1) is 0 Å². The Morgan fingerprint density at radius 2 is 1.85 bits per heavy atom. The molecule has 0 amide bonds. The van der Waals surface area contributed by atoms with Gasteiger partial charge in [-0.2, -0.15) is 0 Å². The Kier molecular flexibility index (Phi) is 3.92. The molecule has 2 rings (SSSR count). The van der Waals surface area contributed by atoms with E-state index in [0.29, 0.717) is 12.2 Å². The Labute approximate surface area is 121 Å². The standard InChI is InChI=1S/C17H25NO2/c1-16(2)11-14(17(3,4)20-16)15(19)10-7-12-5-8-13(18)9-6-12/h5-6,8-9,14H,7,10-11,18H2,1-4H3. The number of nitrogens with two attached hydrogens (primary N) is 1. The van der Waals surface area contributed by atoms with Crippen LogP contribution in [0, 0.1) is 5.92 Å². The van der Waals surface area contributed by atoms with Crippen LogP contribution in [0.1, 0.15) is 46.1 Å². The third-order valence-electron chi connectivity index (χ3n) is 4.10. The molecule has 1 unspecified atom stereocenters. The summed E-state index contributed by atoms with van der Waals surface area (Å²) in [6.45, 7) is 8.16. The summed E-state index contributed by atoms with van der Waals surface area (Å²) >= 11 is 0. The van der Waals surface area contributed by atoms with Crippen molar-refractivity contribution in [2.75, 3.05) is 5.73 Å². The van der Waals surface area contributed by atoms with Crippen LogP contribution in [0.25, 0.3) is 0 Å². The lowest BCUT2D eigenvalue weighted by molar-refractivity contribution is -0.129. The zero-order valence-electron chi connectivity index (χ0n) is 12.9. The summed E-state index contributed by atoms with van der Waals surface area (Å²) in [5, 5.41) is 0. The highest BCUT2D eigenvalue weighted by molar-refractivity contribution is 5.82. The molecule has 1 aliphatic heterocycles. The normalized spacial score (nSPS) is 23.7. The van der Waals surface area contributed by atoms with Gasteiger partial charge in [0, 0.05) is 18.0 Å². The third-order valence-corrected chi connectivity index (χ3v) is 4.10. The smallest absolute Gasteiger partial charge is 0.139 e. The maximum atomic E-state index is 12.5. The van der Waals surface area contributed by atoms with Crippen LogP contribution in [0.15, 0.2) is 24.3 Å². The van der Waals surface area contributed by atoms with Crippen molar-refractivity contribution in [1.82, 2.24) is 0 Å². The quantitative estimate of drug-likeness (QED) is 0.857. The van der Waals surface area contributed by atoms with Crippen LogP contribution < -0.4 is 5.73 Å². The van der Waals surface area contributed by atoms with E-state index in [1.54, 1.807) is 0 Å². The van der Waals surface area contributed by atoms with Crippen molar-refractivity contribution in [3.8, 4) is 0 Å². The lowest BCUT2D eigenvalue weighted by Crippen LogP contribution is -2.33. The molecule has 2 N–H and O–H groups in total. The Morgan fingerprint density at radius 1 is 1.25 bits per heavy atom. The SMILES string of the molecule is CC1(C)CC(C(=O)CCc2ccc(N)cc2)C(C)(C)O1. The van der Waals surface area contributed by atoms with Crippen molar-refractivity contribution >= 4 is 11.5 Å². The van der Waals surface area contributed by atoms with Gasteiger partial charge in [0.1, 0.15) is 5.78 Å².